The van der Waals surface area contributed by atoms with Crippen molar-refractivity contribution in [2.45, 2.75) is 19.9 Å². The number of nitrogens with one attached hydrogen (secondary N) is 1. The molecule has 1 aliphatic rings. The van der Waals surface area contributed by atoms with Crippen LogP contribution in [0.25, 0.3) is 0 Å². The first-order chi connectivity index (χ1) is 12.5. The van der Waals surface area contributed by atoms with Crippen molar-refractivity contribution in [3.8, 4) is 11.5 Å². The van der Waals surface area contributed by atoms with Crippen LogP contribution < -0.4 is 14.8 Å². The number of nitrogens with zero attached hydrogens (tertiary/aromatic N) is 4. The molecular weight excluding hydrogens is 406 g/mol. The third-order valence-electron chi connectivity index (χ3n) is 3.98. The zero-order chi connectivity index (χ0) is 18.8. The van der Waals surface area contributed by atoms with Gasteiger partial charge in [0, 0.05) is 5.70 Å². The van der Waals surface area contributed by atoms with Gasteiger partial charge in [-0.25, -0.2) is 4.79 Å². The number of tetrazole rings is 1. The van der Waals surface area contributed by atoms with Gasteiger partial charge < -0.3 is 19.5 Å². The molecule has 0 radical (unpaired) electrons. The predicted octanol–water partition coefficient (Wildman–Crippen LogP) is 2.30. The molecule has 138 valence electrons. The maximum Gasteiger partial charge on any atom is 0.338 e. The van der Waals surface area contributed by atoms with E-state index in [4.69, 9.17) is 14.2 Å². The van der Waals surface area contributed by atoms with Gasteiger partial charge in [-0.1, -0.05) is 5.10 Å². The molecule has 9 nitrogen and oxygen atoms in total. The second kappa shape index (κ2) is 7.32. The van der Waals surface area contributed by atoms with Crippen molar-refractivity contribution in [3.63, 3.8) is 0 Å². The molecule has 10 heteroatoms. The molecule has 0 amide bonds. The number of esters is 1. The molecule has 0 aliphatic carbocycles. The number of hydrogen-bond acceptors (Lipinski definition) is 8. The van der Waals surface area contributed by atoms with Gasteiger partial charge in [-0.2, -0.15) is 4.68 Å². The number of aromatic nitrogens is 4. The van der Waals surface area contributed by atoms with E-state index in [2.05, 4.69) is 36.8 Å². The number of fused-ring (bicyclic) bond motifs is 1. The summed E-state index contributed by atoms with van der Waals surface area (Å²) in [6.45, 7) is 4.16. The Labute approximate surface area is 158 Å². The van der Waals surface area contributed by atoms with Gasteiger partial charge in [0.15, 0.2) is 11.5 Å². The number of benzene rings is 1. The summed E-state index contributed by atoms with van der Waals surface area (Å²) in [5.74, 6) is 1.09. The van der Waals surface area contributed by atoms with Gasteiger partial charge in [-0.05, 0) is 57.9 Å². The van der Waals surface area contributed by atoms with Gasteiger partial charge in [0.1, 0.15) is 6.04 Å². The highest BCUT2D eigenvalue weighted by atomic mass is 79.9. The maximum absolute atomic E-state index is 12.4. The fourth-order valence-corrected chi connectivity index (χ4v) is 3.45. The summed E-state index contributed by atoms with van der Waals surface area (Å²) in [5.41, 5.74) is 1.77. The van der Waals surface area contributed by atoms with Crippen LogP contribution >= 0.6 is 15.9 Å². The number of halogens is 1. The molecule has 26 heavy (non-hydrogen) atoms. The first kappa shape index (κ1) is 18.2. The zero-order valence-electron chi connectivity index (χ0n) is 14.7. The van der Waals surface area contributed by atoms with Crippen LogP contribution in [0.5, 0.6) is 11.5 Å². The van der Waals surface area contributed by atoms with Crippen molar-refractivity contribution in [2.24, 2.45) is 0 Å². The summed E-state index contributed by atoms with van der Waals surface area (Å²) < 4.78 is 18.3. The summed E-state index contributed by atoms with van der Waals surface area (Å²) in [7, 11) is 2.89. The Morgan fingerprint density at radius 3 is 2.81 bits per heavy atom. The van der Waals surface area contributed by atoms with E-state index in [1.165, 1.54) is 11.8 Å². The molecule has 0 spiro atoms. The summed E-state index contributed by atoms with van der Waals surface area (Å²) in [6.07, 6.45) is 0. The Bertz CT molecular complexity index is 880. The quantitative estimate of drug-likeness (QED) is 0.730. The molecule has 0 saturated carbocycles. The van der Waals surface area contributed by atoms with Crippen LogP contribution in [0.1, 0.15) is 25.5 Å². The van der Waals surface area contributed by atoms with Crippen molar-refractivity contribution in [2.75, 3.05) is 26.1 Å². The topological polar surface area (TPSA) is 100 Å². The van der Waals surface area contributed by atoms with Crippen LogP contribution in [0, 0.1) is 0 Å². The van der Waals surface area contributed by atoms with Crippen LogP contribution in [0.3, 0.4) is 0 Å². The molecule has 1 unspecified atom stereocenters. The van der Waals surface area contributed by atoms with Crippen LogP contribution in [0.4, 0.5) is 5.95 Å². The van der Waals surface area contributed by atoms with E-state index in [0.717, 1.165) is 5.56 Å². The van der Waals surface area contributed by atoms with Gasteiger partial charge in [0.2, 0.25) is 5.95 Å². The minimum Gasteiger partial charge on any atom is -0.493 e. The second-order valence-electron chi connectivity index (χ2n) is 5.47. The highest BCUT2D eigenvalue weighted by Gasteiger charge is 2.35. The van der Waals surface area contributed by atoms with Crippen molar-refractivity contribution < 1.29 is 19.0 Å². The molecule has 0 saturated heterocycles. The normalized spacial score (nSPS) is 16.0. The second-order valence-corrected chi connectivity index (χ2v) is 6.33. The number of allylic oxidation sites excluding steroid dienone is 1. The molecule has 2 heterocycles. The van der Waals surface area contributed by atoms with E-state index in [1.54, 1.807) is 20.1 Å². The van der Waals surface area contributed by atoms with E-state index in [-0.39, 0.29) is 0 Å². The Kier molecular flexibility index (Phi) is 5.12. The maximum atomic E-state index is 12.4. The highest BCUT2D eigenvalue weighted by molar-refractivity contribution is 9.10. The lowest BCUT2D eigenvalue weighted by Gasteiger charge is -2.27. The van der Waals surface area contributed by atoms with Crippen molar-refractivity contribution in [1.82, 2.24) is 20.2 Å². The van der Waals surface area contributed by atoms with Gasteiger partial charge in [0.25, 0.3) is 0 Å². The number of rotatable bonds is 5. The third kappa shape index (κ3) is 3.00. The number of carbonyl (C=O) groups excluding carboxylic acids is 1. The van der Waals surface area contributed by atoms with Crippen molar-refractivity contribution >= 4 is 27.8 Å². The summed E-state index contributed by atoms with van der Waals surface area (Å²) in [4.78, 5) is 12.4. The van der Waals surface area contributed by atoms with Crippen molar-refractivity contribution in [3.05, 3.63) is 33.4 Å². The molecule has 1 atom stereocenters. The fourth-order valence-electron chi connectivity index (χ4n) is 2.88. The van der Waals surface area contributed by atoms with Crippen molar-refractivity contribution in [1.29, 1.82) is 0 Å². The standard InChI is InChI=1S/C16H18BrN5O4/c1-5-26-14-10(17)6-9(7-11(14)24-3)13-12(15(23)25-4)8(2)18-16-19-20-21-22(13)16/h6-7,13H,5H2,1-4H3,(H,18,19,21). The molecule has 3 rings (SSSR count). The lowest BCUT2D eigenvalue weighted by atomic mass is 9.95. The Balaban J connectivity index is 2.20. The number of anilines is 1. The minimum atomic E-state index is -0.574. The Morgan fingerprint density at radius 2 is 2.15 bits per heavy atom. The van der Waals surface area contributed by atoms with Crippen LogP contribution in [0.2, 0.25) is 0 Å². The number of ether oxygens (including phenoxy) is 3. The molecular formula is C16H18BrN5O4. The fraction of sp³-hybridized carbons (Fsp3) is 0.375. The van der Waals surface area contributed by atoms with Gasteiger partial charge in [-0.15, -0.1) is 0 Å². The summed E-state index contributed by atoms with van der Waals surface area (Å²) in [5, 5.41) is 14.7. The van der Waals surface area contributed by atoms with E-state index in [9.17, 15) is 4.79 Å². The highest BCUT2D eigenvalue weighted by Crippen LogP contribution is 2.42. The predicted molar refractivity (Wildman–Crippen MR) is 96.2 cm³/mol. The first-order valence-electron chi connectivity index (χ1n) is 7.86. The Hall–Kier alpha value is -2.62. The van der Waals surface area contributed by atoms with E-state index in [0.29, 0.717) is 39.8 Å². The van der Waals surface area contributed by atoms with Gasteiger partial charge in [-0.3, -0.25) is 0 Å². The summed E-state index contributed by atoms with van der Waals surface area (Å²) in [6, 6.07) is 3.08. The lowest BCUT2D eigenvalue weighted by Crippen LogP contribution is -2.29. The van der Waals surface area contributed by atoms with Crippen LogP contribution in [0.15, 0.2) is 27.9 Å². The number of hydrogen-bond donors (Lipinski definition) is 1. The average molecular weight is 424 g/mol. The van der Waals surface area contributed by atoms with Gasteiger partial charge in [0.05, 0.1) is 30.9 Å². The smallest absolute Gasteiger partial charge is 0.338 e. The average Bonchev–Trinajstić information content (AvgIpc) is 3.09. The van der Waals surface area contributed by atoms with Crippen LogP contribution in [-0.2, 0) is 9.53 Å². The monoisotopic (exact) mass is 423 g/mol. The SMILES string of the molecule is CCOc1c(Br)cc(C2C(C(=O)OC)=C(C)Nc3nnnn32)cc1OC. The number of methoxy groups -OCH3 is 2. The third-order valence-corrected chi connectivity index (χ3v) is 4.56. The molecule has 1 aromatic carbocycles. The van der Waals surface area contributed by atoms with E-state index in [1.807, 2.05) is 13.0 Å². The Morgan fingerprint density at radius 1 is 1.38 bits per heavy atom. The van der Waals surface area contributed by atoms with E-state index >= 15 is 0 Å². The zero-order valence-corrected chi connectivity index (χ0v) is 16.3. The lowest BCUT2D eigenvalue weighted by molar-refractivity contribution is -0.136. The van der Waals surface area contributed by atoms with E-state index < -0.39 is 12.0 Å². The first-order valence-corrected chi connectivity index (χ1v) is 8.65. The van der Waals surface area contributed by atoms with Crippen LogP contribution in [-0.4, -0.2) is 47.0 Å². The largest absolute Gasteiger partial charge is 0.493 e. The molecule has 1 N–H and O–H groups in total. The molecule has 0 bridgehead atoms. The molecule has 1 aliphatic heterocycles. The molecule has 1 aromatic heterocycles. The summed E-state index contributed by atoms with van der Waals surface area (Å²) >= 11 is 3.51. The van der Waals surface area contributed by atoms with Gasteiger partial charge >= 0.3 is 5.97 Å². The molecule has 2 aromatic rings. The minimum absolute atomic E-state index is 0.408. The number of carbonyl (C=O) groups is 1. The molecule has 0 fully saturated rings.